The van der Waals surface area contributed by atoms with Crippen LogP contribution in [0.5, 0.6) is 0 Å². The van der Waals surface area contributed by atoms with Gasteiger partial charge >= 0.3 is 0 Å². The molecule has 2 aromatic rings. The summed E-state index contributed by atoms with van der Waals surface area (Å²) in [6.07, 6.45) is 0.461. The molecule has 29 heavy (non-hydrogen) atoms. The molecule has 1 N–H and O–H groups in total. The van der Waals surface area contributed by atoms with E-state index in [1.54, 1.807) is 4.90 Å². The van der Waals surface area contributed by atoms with E-state index in [9.17, 15) is 9.59 Å². The molecule has 1 fully saturated rings. The number of hydrogen-bond acceptors (Lipinski definition) is 3. The molecule has 1 aliphatic heterocycles. The molecule has 1 saturated heterocycles. The van der Waals surface area contributed by atoms with Gasteiger partial charge in [-0.1, -0.05) is 63.2 Å². The Morgan fingerprint density at radius 1 is 1.00 bits per heavy atom. The summed E-state index contributed by atoms with van der Waals surface area (Å²) in [5.74, 6) is -0.287. The van der Waals surface area contributed by atoms with Crippen molar-refractivity contribution in [1.82, 2.24) is 10.2 Å². The summed E-state index contributed by atoms with van der Waals surface area (Å²) in [7, 11) is 0. The first kappa shape index (κ1) is 21.1. The maximum atomic E-state index is 13.1. The Labute approximate surface area is 173 Å². The van der Waals surface area contributed by atoms with E-state index in [1.807, 2.05) is 54.6 Å². The second-order valence-electron chi connectivity index (χ2n) is 8.48. The lowest BCUT2D eigenvalue weighted by Crippen LogP contribution is -2.52. The molecule has 0 aromatic heterocycles. The fraction of sp³-hybridized carbons (Fsp3) is 0.417. The Hall–Kier alpha value is -2.66. The van der Waals surface area contributed by atoms with Crippen LogP contribution >= 0.6 is 0 Å². The summed E-state index contributed by atoms with van der Waals surface area (Å²) in [6, 6.07) is 16.8. The quantitative estimate of drug-likeness (QED) is 0.847. The average molecular weight is 395 g/mol. The molecule has 1 aliphatic rings. The molecule has 2 amide bonds. The zero-order chi connectivity index (χ0) is 20.9. The largest absolute Gasteiger partial charge is 0.378 e. The van der Waals surface area contributed by atoms with Crippen molar-refractivity contribution in [2.75, 3.05) is 26.3 Å². The van der Waals surface area contributed by atoms with Crippen LogP contribution in [0.3, 0.4) is 0 Å². The number of nitrogens with zero attached hydrogens (tertiary/aromatic N) is 1. The minimum Gasteiger partial charge on any atom is -0.378 e. The van der Waals surface area contributed by atoms with Gasteiger partial charge in [-0.2, -0.15) is 0 Å². The van der Waals surface area contributed by atoms with Crippen molar-refractivity contribution in [2.24, 2.45) is 0 Å². The molecule has 1 heterocycles. The van der Waals surface area contributed by atoms with Crippen LogP contribution in [0.1, 0.15) is 42.3 Å². The Bertz CT molecular complexity index is 819. The highest BCUT2D eigenvalue weighted by atomic mass is 16.5. The molecular formula is C24H30N2O3. The standard InChI is InChI=1S/C24H30N2O3/c1-24(2,3)20-11-9-19(10-12-20)22(27)25-21(17-18-7-5-4-6-8-18)23(28)26-13-15-29-16-14-26/h4-12,21H,13-17H2,1-3H3,(H,25,27)/t21-/m0/s1. The van der Waals surface area contributed by atoms with Gasteiger partial charge in [-0.05, 0) is 28.7 Å². The van der Waals surface area contributed by atoms with E-state index < -0.39 is 6.04 Å². The topological polar surface area (TPSA) is 58.6 Å². The zero-order valence-electron chi connectivity index (χ0n) is 17.5. The van der Waals surface area contributed by atoms with Crippen molar-refractivity contribution in [3.05, 3.63) is 71.3 Å². The molecule has 0 spiro atoms. The number of hydrogen-bond donors (Lipinski definition) is 1. The Morgan fingerprint density at radius 2 is 1.62 bits per heavy atom. The number of amides is 2. The number of benzene rings is 2. The monoisotopic (exact) mass is 394 g/mol. The summed E-state index contributed by atoms with van der Waals surface area (Å²) in [5, 5.41) is 2.97. The maximum Gasteiger partial charge on any atom is 0.251 e. The molecular weight excluding hydrogens is 364 g/mol. The first-order chi connectivity index (χ1) is 13.8. The highest BCUT2D eigenvalue weighted by molar-refractivity contribution is 5.97. The second-order valence-corrected chi connectivity index (χ2v) is 8.48. The van der Waals surface area contributed by atoms with Crippen molar-refractivity contribution < 1.29 is 14.3 Å². The normalized spacial score (nSPS) is 15.6. The van der Waals surface area contributed by atoms with Crippen LogP contribution in [-0.4, -0.2) is 49.1 Å². The third kappa shape index (κ3) is 5.67. The highest BCUT2D eigenvalue weighted by Gasteiger charge is 2.28. The number of morpholine rings is 1. The Kier molecular flexibility index (Phi) is 6.70. The number of ether oxygens (including phenoxy) is 1. The molecule has 2 aromatic carbocycles. The van der Waals surface area contributed by atoms with Crippen molar-refractivity contribution in [1.29, 1.82) is 0 Å². The summed E-state index contributed by atoms with van der Waals surface area (Å²) in [5.41, 5.74) is 2.77. The van der Waals surface area contributed by atoms with E-state index in [0.717, 1.165) is 5.56 Å². The van der Waals surface area contributed by atoms with Crippen molar-refractivity contribution in [3.63, 3.8) is 0 Å². The molecule has 0 radical (unpaired) electrons. The smallest absolute Gasteiger partial charge is 0.251 e. The average Bonchev–Trinajstić information content (AvgIpc) is 2.73. The molecule has 3 rings (SSSR count). The van der Waals surface area contributed by atoms with Crippen LogP contribution in [0.4, 0.5) is 0 Å². The van der Waals surface area contributed by atoms with Gasteiger partial charge in [0.05, 0.1) is 13.2 Å². The van der Waals surface area contributed by atoms with E-state index >= 15 is 0 Å². The molecule has 5 nitrogen and oxygen atoms in total. The van der Waals surface area contributed by atoms with E-state index in [0.29, 0.717) is 38.3 Å². The third-order valence-corrected chi connectivity index (χ3v) is 5.22. The molecule has 0 saturated carbocycles. The second kappa shape index (κ2) is 9.23. The predicted molar refractivity (Wildman–Crippen MR) is 114 cm³/mol. The van der Waals surface area contributed by atoms with Crippen LogP contribution in [0.15, 0.2) is 54.6 Å². The van der Waals surface area contributed by atoms with Gasteiger partial charge in [0, 0.05) is 25.1 Å². The molecule has 0 aliphatic carbocycles. The van der Waals surface area contributed by atoms with Gasteiger partial charge in [0.15, 0.2) is 0 Å². The fourth-order valence-electron chi connectivity index (χ4n) is 3.42. The highest BCUT2D eigenvalue weighted by Crippen LogP contribution is 2.22. The molecule has 1 atom stereocenters. The van der Waals surface area contributed by atoms with Gasteiger partial charge in [-0.25, -0.2) is 0 Å². The van der Waals surface area contributed by atoms with Crippen molar-refractivity contribution in [3.8, 4) is 0 Å². The lowest BCUT2D eigenvalue weighted by atomic mass is 9.86. The minimum absolute atomic E-state index is 0.0250. The fourth-order valence-corrected chi connectivity index (χ4v) is 3.42. The first-order valence-electron chi connectivity index (χ1n) is 10.2. The summed E-state index contributed by atoms with van der Waals surface area (Å²) < 4.78 is 5.36. The number of carbonyl (C=O) groups is 2. The van der Waals surface area contributed by atoms with Crippen LogP contribution < -0.4 is 5.32 Å². The SMILES string of the molecule is CC(C)(C)c1ccc(C(=O)N[C@@H](Cc2ccccc2)C(=O)N2CCOCC2)cc1. The number of carbonyl (C=O) groups excluding carboxylic acids is 2. The van der Waals surface area contributed by atoms with E-state index in [-0.39, 0.29) is 17.2 Å². The lowest BCUT2D eigenvalue weighted by molar-refractivity contribution is -0.137. The molecule has 154 valence electrons. The van der Waals surface area contributed by atoms with E-state index in [4.69, 9.17) is 4.74 Å². The Morgan fingerprint density at radius 3 is 2.21 bits per heavy atom. The van der Waals surface area contributed by atoms with Gasteiger partial charge in [0.25, 0.3) is 5.91 Å². The minimum atomic E-state index is -0.606. The van der Waals surface area contributed by atoms with Crippen LogP contribution in [-0.2, 0) is 21.4 Å². The maximum absolute atomic E-state index is 13.1. The van der Waals surface area contributed by atoms with E-state index in [2.05, 4.69) is 26.1 Å². The predicted octanol–water partition coefficient (Wildman–Crippen LogP) is 3.18. The van der Waals surface area contributed by atoms with Gasteiger partial charge in [-0.3, -0.25) is 9.59 Å². The molecule has 0 bridgehead atoms. The van der Waals surface area contributed by atoms with Crippen LogP contribution in [0.2, 0.25) is 0 Å². The summed E-state index contributed by atoms with van der Waals surface area (Å²) >= 11 is 0. The summed E-state index contributed by atoms with van der Waals surface area (Å²) in [4.78, 5) is 27.8. The molecule has 5 heteroatoms. The van der Waals surface area contributed by atoms with Gasteiger partial charge < -0.3 is 15.0 Å². The Balaban J connectivity index is 1.76. The van der Waals surface area contributed by atoms with Gasteiger partial charge in [0.2, 0.25) is 5.91 Å². The summed E-state index contributed by atoms with van der Waals surface area (Å²) in [6.45, 7) is 8.59. The van der Waals surface area contributed by atoms with E-state index in [1.165, 1.54) is 5.56 Å². The zero-order valence-corrected chi connectivity index (χ0v) is 17.5. The molecule has 0 unspecified atom stereocenters. The third-order valence-electron chi connectivity index (χ3n) is 5.22. The van der Waals surface area contributed by atoms with Gasteiger partial charge in [-0.15, -0.1) is 0 Å². The lowest BCUT2D eigenvalue weighted by Gasteiger charge is -2.31. The van der Waals surface area contributed by atoms with Crippen molar-refractivity contribution in [2.45, 2.75) is 38.6 Å². The van der Waals surface area contributed by atoms with Crippen molar-refractivity contribution >= 4 is 11.8 Å². The first-order valence-corrected chi connectivity index (χ1v) is 10.2. The number of nitrogens with one attached hydrogen (secondary N) is 1. The van der Waals surface area contributed by atoms with Crippen LogP contribution in [0.25, 0.3) is 0 Å². The van der Waals surface area contributed by atoms with Crippen LogP contribution in [0, 0.1) is 0 Å². The number of rotatable bonds is 5. The van der Waals surface area contributed by atoms with Gasteiger partial charge in [0.1, 0.15) is 6.04 Å².